The summed E-state index contributed by atoms with van der Waals surface area (Å²) in [4.78, 5) is 10.8. The molecule has 0 rings (SSSR count). The Kier molecular flexibility index (Phi) is 4.36. The maximum Gasteiger partial charge on any atom is 0.306 e. The normalized spacial score (nSPS) is 14.6. The molecule has 0 aromatic carbocycles. The molecule has 0 aliphatic carbocycles. The molecule has 0 aliphatic heterocycles. The van der Waals surface area contributed by atoms with Crippen molar-refractivity contribution in [2.45, 2.75) is 34.1 Å². The Hall–Kier alpha value is -1.30. The molecule has 0 aromatic heterocycles. The van der Waals surface area contributed by atoms with Gasteiger partial charge in [0, 0.05) is 5.57 Å². The van der Waals surface area contributed by atoms with E-state index in [4.69, 9.17) is 10.4 Å². The number of carbonyl (C=O) groups is 1. The molecule has 14 heavy (non-hydrogen) atoms. The van der Waals surface area contributed by atoms with Crippen LogP contribution in [-0.4, -0.2) is 11.1 Å². The average molecular weight is 195 g/mol. The molecule has 0 spiro atoms. The van der Waals surface area contributed by atoms with Crippen molar-refractivity contribution in [3.05, 3.63) is 11.6 Å². The molecule has 0 saturated heterocycles. The first-order valence-electron chi connectivity index (χ1n) is 4.61. The van der Waals surface area contributed by atoms with Gasteiger partial charge in [0.15, 0.2) is 0 Å². The zero-order valence-electron chi connectivity index (χ0n) is 9.16. The number of carboxylic acids is 1. The van der Waals surface area contributed by atoms with Crippen LogP contribution < -0.4 is 0 Å². The molecule has 3 nitrogen and oxygen atoms in total. The second kappa shape index (κ2) is 4.80. The molecule has 0 amide bonds. The summed E-state index contributed by atoms with van der Waals surface area (Å²) in [7, 11) is 0. The third kappa shape index (κ3) is 3.61. The maximum atomic E-state index is 10.8. The summed E-state index contributed by atoms with van der Waals surface area (Å²) < 4.78 is 0. The fraction of sp³-hybridized carbons (Fsp3) is 0.636. The Morgan fingerprint density at radius 3 is 2.50 bits per heavy atom. The van der Waals surface area contributed by atoms with Crippen LogP contribution in [0, 0.1) is 22.7 Å². The van der Waals surface area contributed by atoms with E-state index in [1.54, 1.807) is 19.9 Å². The SMILES string of the molecule is C/C(C#N)=C\CC(C)(C)C(C)C(=O)O. The van der Waals surface area contributed by atoms with E-state index < -0.39 is 11.9 Å². The Balaban J connectivity index is 4.51. The monoisotopic (exact) mass is 195 g/mol. The van der Waals surface area contributed by atoms with Crippen molar-refractivity contribution in [3.8, 4) is 6.07 Å². The van der Waals surface area contributed by atoms with Gasteiger partial charge in [-0.2, -0.15) is 5.26 Å². The predicted molar refractivity (Wildman–Crippen MR) is 54.6 cm³/mol. The molecule has 0 fully saturated rings. The minimum atomic E-state index is -0.794. The molecule has 1 N–H and O–H groups in total. The molecule has 1 atom stereocenters. The van der Waals surface area contributed by atoms with Gasteiger partial charge in [0.1, 0.15) is 0 Å². The largest absolute Gasteiger partial charge is 0.481 e. The van der Waals surface area contributed by atoms with Gasteiger partial charge in [-0.25, -0.2) is 0 Å². The summed E-state index contributed by atoms with van der Waals surface area (Å²) >= 11 is 0. The highest BCUT2D eigenvalue weighted by atomic mass is 16.4. The smallest absolute Gasteiger partial charge is 0.306 e. The zero-order chi connectivity index (χ0) is 11.4. The fourth-order valence-electron chi connectivity index (χ4n) is 0.973. The lowest BCUT2D eigenvalue weighted by Crippen LogP contribution is -2.27. The van der Waals surface area contributed by atoms with Gasteiger partial charge < -0.3 is 5.11 Å². The van der Waals surface area contributed by atoms with Crippen LogP contribution in [0.15, 0.2) is 11.6 Å². The summed E-state index contributed by atoms with van der Waals surface area (Å²) in [6.07, 6.45) is 2.40. The van der Waals surface area contributed by atoms with Gasteiger partial charge in [-0.1, -0.05) is 26.8 Å². The quantitative estimate of drug-likeness (QED) is 0.701. The van der Waals surface area contributed by atoms with Crippen molar-refractivity contribution in [2.75, 3.05) is 0 Å². The number of allylic oxidation sites excluding steroid dienone is 2. The molecule has 0 aliphatic rings. The van der Waals surface area contributed by atoms with Crippen LogP contribution in [0.4, 0.5) is 0 Å². The van der Waals surface area contributed by atoms with Gasteiger partial charge in [0.05, 0.1) is 12.0 Å². The highest BCUT2D eigenvalue weighted by Crippen LogP contribution is 2.31. The standard InChI is InChI=1S/C11H17NO2/c1-8(7-12)5-6-11(3,4)9(2)10(13)14/h5,9H,6H2,1-4H3,(H,13,14)/b8-5+. The van der Waals surface area contributed by atoms with Crippen LogP contribution in [-0.2, 0) is 4.79 Å². The first-order valence-corrected chi connectivity index (χ1v) is 4.61. The van der Waals surface area contributed by atoms with Crippen LogP contribution in [0.2, 0.25) is 0 Å². The van der Waals surface area contributed by atoms with Gasteiger partial charge in [0.2, 0.25) is 0 Å². The maximum absolute atomic E-state index is 10.8. The van der Waals surface area contributed by atoms with Gasteiger partial charge >= 0.3 is 5.97 Å². The van der Waals surface area contributed by atoms with Gasteiger partial charge in [-0.05, 0) is 18.8 Å². The van der Waals surface area contributed by atoms with Crippen molar-refractivity contribution < 1.29 is 9.90 Å². The van der Waals surface area contributed by atoms with E-state index >= 15 is 0 Å². The minimum Gasteiger partial charge on any atom is -0.481 e. The lowest BCUT2D eigenvalue weighted by atomic mass is 9.77. The van der Waals surface area contributed by atoms with Crippen molar-refractivity contribution in [2.24, 2.45) is 11.3 Å². The molecule has 0 heterocycles. The Morgan fingerprint density at radius 2 is 2.14 bits per heavy atom. The van der Waals surface area contributed by atoms with E-state index in [-0.39, 0.29) is 5.41 Å². The van der Waals surface area contributed by atoms with Crippen molar-refractivity contribution in [1.82, 2.24) is 0 Å². The molecular weight excluding hydrogens is 178 g/mol. The fourth-order valence-corrected chi connectivity index (χ4v) is 0.973. The van der Waals surface area contributed by atoms with Crippen molar-refractivity contribution in [3.63, 3.8) is 0 Å². The van der Waals surface area contributed by atoms with Crippen LogP contribution >= 0.6 is 0 Å². The van der Waals surface area contributed by atoms with Crippen LogP contribution in [0.1, 0.15) is 34.1 Å². The Labute approximate surface area is 85.0 Å². The van der Waals surface area contributed by atoms with Crippen LogP contribution in [0.3, 0.4) is 0 Å². The number of hydrogen-bond donors (Lipinski definition) is 1. The summed E-state index contributed by atoms with van der Waals surface area (Å²) in [5.41, 5.74) is 0.319. The summed E-state index contributed by atoms with van der Waals surface area (Å²) in [6.45, 7) is 7.21. The molecule has 0 radical (unpaired) electrons. The molecule has 0 saturated carbocycles. The van der Waals surface area contributed by atoms with Crippen molar-refractivity contribution >= 4 is 5.97 Å². The predicted octanol–water partition coefficient (Wildman–Crippen LogP) is 2.59. The second-order valence-corrected chi connectivity index (χ2v) is 4.25. The van der Waals surface area contributed by atoms with E-state index in [9.17, 15) is 4.79 Å². The number of hydrogen-bond acceptors (Lipinski definition) is 2. The number of carboxylic acid groups (broad SMARTS) is 1. The van der Waals surface area contributed by atoms with Crippen LogP contribution in [0.25, 0.3) is 0 Å². The van der Waals surface area contributed by atoms with Gasteiger partial charge in [-0.15, -0.1) is 0 Å². The number of aliphatic carboxylic acids is 1. The number of nitriles is 1. The third-order valence-corrected chi connectivity index (χ3v) is 2.65. The first-order chi connectivity index (χ1) is 6.31. The third-order valence-electron chi connectivity index (χ3n) is 2.65. The molecule has 1 unspecified atom stereocenters. The molecule has 3 heteroatoms. The lowest BCUT2D eigenvalue weighted by molar-refractivity contribution is -0.144. The minimum absolute atomic E-state index is 0.316. The molecule has 0 bridgehead atoms. The Morgan fingerprint density at radius 1 is 1.64 bits per heavy atom. The van der Waals surface area contributed by atoms with Gasteiger partial charge in [-0.3, -0.25) is 4.79 Å². The highest BCUT2D eigenvalue weighted by Gasteiger charge is 2.30. The molecule has 78 valence electrons. The first kappa shape index (κ1) is 12.7. The highest BCUT2D eigenvalue weighted by molar-refractivity contribution is 5.70. The topological polar surface area (TPSA) is 61.1 Å². The van der Waals surface area contributed by atoms with E-state index in [2.05, 4.69) is 0 Å². The van der Waals surface area contributed by atoms with Crippen LogP contribution in [0.5, 0.6) is 0 Å². The van der Waals surface area contributed by atoms with E-state index in [0.717, 1.165) is 0 Å². The van der Waals surface area contributed by atoms with E-state index in [1.807, 2.05) is 19.9 Å². The summed E-state index contributed by atoms with van der Waals surface area (Å²) in [6, 6.07) is 2.02. The lowest BCUT2D eigenvalue weighted by Gasteiger charge is -2.27. The second-order valence-electron chi connectivity index (χ2n) is 4.25. The van der Waals surface area contributed by atoms with Gasteiger partial charge in [0.25, 0.3) is 0 Å². The summed E-state index contributed by atoms with van der Waals surface area (Å²) in [5, 5.41) is 17.4. The Bertz CT molecular complexity index is 284. The zero-order valence-corrected chi connectivity index (χ0v) is 9.16. The number of rotatable bonds is 4. The summed E-state index contributed by atoms with van der Waals surface area (Å²) in [5.74, 6) is -1.21. The average Bonchev–Trinajstić information content (AvgIpc) is 2.12. The molecule has 0 aromatic rings. The molecular formula is C11H17NO2. The number of nitrogens with zero attached hydrogens (tertiary/aromatic N) is 1. The van der Waals surface area contributed by atoms with E-state index in [1.165, 1.54) is 0 Å². The van der Waals surface area contributed by atoms with Crippen molar-refractivity contribution in [1.29, 1.82) is 5.26 Å². The van der Waals surface area contributed by atoms with E-state index in [0.29, 0.717) is 12.0 Å².